The van der Waals surface area contributed by atoms with Gasteiger partial charge in [0.2, 0.25) is 0 Å². The van der Waals surface area contributed by atoms with E-state index in [0.717, 1.165) is 17.3 Å². The van der Waals surface area contributed by atoms with Crippen molar-refractivity contribution in [2.24, 2.45) is 0 Å². The zero-order valence-corrected chi connectivity index (χ0v) is 19.2. The van der Waals surface area contributed by atoms with Gasteiger partial charge < -0.3 is 15.2 Å². The number of H-pyrrole nitrogens is 1. The second-order valence-corrected chi connectivity index (χ2v) is 9.22. The second-order valence-electron chi connectivity index (χ2n) is 8.84. The molecule has 4 rings (SSSR count). The first-order chi connectivity index (χ1) is 14.5. The summed E-state index contributed by atoms with van der Waals surface area (Å²) in [6.07, 6.45) is 9.85. The molecular weight excluding hydrogens is 386 g/mol. The topological polar surface area (TPSA) is 31.1 Å². The molecule has 2 N–H and O–H groups in total. The minimum atomic E-state index is 0.493. The number of hydrogen-bond donors (Lipinski definition) is 2. The average molecular weight is 420 g/mol. The van der Waals surface area contributed by atoms with Gasteiger partial charge in [-0.1, -0.05) is 61.6 Å². The first kappa shape index (κ1) is 20.9. The minimum Gasteiger partial charge on any atom is -0.361 e. The van der Waals surface area contributed by atoms with E-state index in [4.69, 9.17) is 12.2 Å². The van der Waals surface area contributed by atoms with Crippen molar-refractivity contribution >= 4 is 33.9 Å². The maximum Gasteiger partial charge on any atom is 0.173 e. The first-order valence-electron chi connectivity index (χ1n) is 11.2. The van der Waals surface area contributed by atoms with Crippen molar-refractivity contribution in [3.63, 3.8) is 0 Å². The summed E-state index contributed by atoms with van der Waals surface area (Å²) in [4.78, 5) is 5.88. The Kier molecular flexibility index (Phi) is 6.43. The van der Waals surface area contributed by atoms with Crippen LogP contribution in [0.1, 0.15) is 60.8 Å². The number of aromatic nitrogens is 1. The zero-order chi connectivity index (χ0) is 21.1. The van der Waals surface area contributed by atoms with Gasteiger partial charge in [0, 0.05) is 35.4 Å². The SMILES string of the molecule is Cc1cc(C)c(NC(=S)N(Cc2c[nH]c3ccccc23)C2CCCCCC2)c(C)c1. The number of anilines is 1. The van der Waals surface area contributed by atoms with Gasteiger partial charge >= 0.3 is 0 Å². The number of nitrogens with zero attached hydrogens (tertiary/aromatic N) is 1. The Morgan fingerprint density at radius 3 is 2.40 bits per heavy atom. The number of benzene rings is 2. The molecule has 0 bridgehead atoms. The third kappa shape index (κ3) is 4.54. The molecule has 0 spiro atoms. The Morgan fingerprint density at radius 1 is 1.03 bits per heavy atom. The maximum atomic E-state index is 6.04. The van der Waals surface area contributed by atoms with E-state index in [-0.39, 0.29) is 0 Å². The number of fused-ring (bicyclic) bond motifs is 1. The number of thiocarbonyl (C=S) groups is 1. The van der Waals surface area contributed by atoms with Gasteiger partial charge in [-0.3, -0.25) is 0 Å². The largest absolute Gasteiger partial charge is 0.361 e. The molecule has 0 atom stereocenters. The van der Waals surface area contributed by atoms with Crippen LogP contribution >= 0.6 is 12.2 Å². The molecule has 3 nitrogen and oxygen atoms in total. The molecule has 1 saturated carbocycles. The summed E-state index contributed by atoms with van der Waals surface area (Å²) in [5.74, 6) is 0. The maximum absolute atomic E-state index is 6.04. The van der Waals surface area contributed by atoms with Crippen LogP contribution in [-0.4, -0.2) is 21.0 Å². The van der Waals surface area contributed by atoms with E-state index in [1.165, 1.54) is 71.7 Å². The number of nitrogens with one attached hydrogen (secondary N) is 2. The fourth-order valence-electron chi connectivity index (χ4n) is 4.94. The molecule has 1 aliphatic rings. The van der Waals surface area contributed by atoms with Crippen LogP contribution in [0.25, 0.3) is 10.9 Å². The second kappa shape index (κ2) is 9.22. The summed E-state index contributed by atoms with van der Waals surface area (Å²) in [5, 5.41) is 5.77. The van der Waals surface area contributed by atoms with Crippen molar-refractivity contribution < 1.29 is 0 Å². The summed E-state index contributed by atoms with van der Waals surface area (Å²) in [7, 11) is 0. The molecule has 158 valence electrons. The van der Waals surface area contributed by atoms with Crippen molar-refractivity contribution in [2.45, 2.75) is 71.9 Å². The summed E-state index contributed by atoms with van der Waals surface area (Å²) in [6.45, 7) is 7.32. The smallest absolute Gasteiger partial charge is 0.173 e. The molecular formula is C26H33N3S. The van der Waals surface area contributed by atoms with E-state index in [0.29, 0.717) is 6.04 Å². The molecule has 3 aromatic rings. The van der Waals surface area contributed by atoms with Crippen molar-refractivity contribution in [3.8, 4) is 0 Å². The molecule has 4 heteroatoms. The number of aromatic amines is 1. The van der Waals surface area contributed by atoms with Crippen LogP contribution < -0.4 is 5.32 Å². The van der Waals surface area contributed by atoms with Gasteiger partial charge in [0.1, 0.15) is 0 Å². The summed E-state index contributed by atoms with van der Waals surface area (Å²) < 4.78 is 0. The van der Waals surface area contributed by atoms with E-state index in [1.54, 1.807) is 0 Å². The lowest BCUT2D eigenvalue weighted by Crippen LogP contribution is -2.42. The van der Waals surface area contributed by atoms with Gasteiger partial charge in [0.15, 0.2) is 5.11 Å². The van der Waals surface area contributed by atoms with Crippen molar-refractivity contribution in [1.29, 1.82) is 0 Å². The molecule has 2 aromatic carbocycles. The normalized spacial score (nSPS) is 15.2. The highest BCUT2D eigenvalue weighted by Crippen LogP contribution is 2.28. The summed E-state index contributed by atoms with van der Waals surface area (Å²) >= 11 is 6.04. The lowest BCUT2D eigenvalue weighted by molar-refractivity contribution is 0.281. The Labute approximate surface area is 185 Å². The summed E-state index contributed by atoms with van der Waals surface area (Å²) in [6, 6.07) is 13.5. The Bertz CT molecular complexity index is 1000. The average Bonchev–Trinajstić information content (AvgIpc) is 2.93. The summed E-state index contributed by atoms with van der Waals surface area (Å²) in [5.41, 5.74) is 7.46. The number of rotatable bonds is 4. The van der Waals surface area contributed by atoms with Crippen LogP contribution in [0, 0.1) is 20.8 Å². The number of para-hydroxylation sites is 1. The molecule has 0 unspecified atom stereocenters. The van der Waals surface area contributed by atoms with Crippen LogP contribution in [0.5, 0.6) is 0 Å². The predicted molar refractivity (Wildman–Crippen MR) is 132 cm³/mol. The highest BCUT2D eigenvalue weighted by atomic mass is 32.1. The predicted octanol–water partition coefficient (Wildman–Crippen LogP) is 7.01. The van der Waals surface area contributed by atoms with Gasteiger partial charge in [-0.05, 0) is 68.6 Å². The Morgan fingerprint density at radius 2 is 1.70 bits per heavy atom. The highest BCUT2D eigenvalue weighted by Gasteiger charge is 2.24. The fourth-order valence-corrected chi connectivity index (χ4v) is 5.25. The van der Waals surface area contributed by atoms with E-state index in [2.05, 4.69) is 78.6 Å². The van der Waals surface area contributed by atoms with Gasteiger partial charge in [-0.15, -0.1) is 0 Å². The quantitative estimate of drug-likeness (QED) is 0.352. The van der Waals surface area contributed by atoms with E-state index in [1.807, 2.05) is 0 Å². The van der Waals surface area contributed by atoms with Gasteiger partial charge in [0.05, 0.1) is 0 Å². The Hall–Kier alpha value is -2.33. The third-order valence-electron chi connectivity index (χ3n) is 6.45. The standard InChI is InChI=1S/C26H33N3S/c1-18-14-19(2)25(20(3)15-18)28-26(30)29(22-10-6-4-5-7-11-22)17-21-16-27-24-13-9-8-12-23(21)24/h8-9,12-16,22,27H,4-7,10-11,17H2,1-3H3,(H,28,30). The van der Waals surface area contributed by atoms with Gasteiger partial charge in [-0.2, -0.15) is 0 Å². The van der Waals surface area contributed by atoms with Crippen LogP contribution in [0.15, 0.2) is 42.6 Å². The minimum absolute atomic E-state index is 0.493. The van der Waals surface area contributed by atoms with Gasteiger partial charge in [-0.25, -0.2) is 0 Å². The van der Waals surface area contributed by atoms with E-state index < -0.39 is 0 Å². The molecule has 0 saturated heterocycles. The van der Waals surface area contributed by atoms with Crippen molar-refractivity contribution in [3.05, 3.63) is 64.8 Å². The van der Waals surface area contributed by atoms with E-state index >= 15 is 0 Å². The molecule has 30 heavy (non-hydrogen) atoms. The molecule has 1 aromatic heterocycles. The van der Waals surface area contributed by atoms with Crippen LogP contribution in [0.4, 0.5) is 5.69 Å². The Balaban J connectivity index is 1.63. The molecule has 0 radical (unpaired) electrons. The molecule has 1 heterocycles. The number of aryl methyl sites for hydroxylation is 3. The molecule has 0 amide bonds. The van der Waals surface area contributed by atoms with Crippen LogP contribution in [-0.2, 0) is 6.54 Å². The van der Waals surface area contributed by atoms with Crippen LogP contribution in [0.2, 0.25) is 0 Å². The lowest BCUT2D eigenvalue weighted by atomic mass is 10.0. The zero-order valence-electron chi connectivity index (χ0n) is 18.4. The van der Waals surface area contributed by atoms with Crippen molar-refractivity contribution in [1.82, 2.24) is 9.88 Å². The fraction of sp³-hybridized carbons (Fsp3) is 0.423. The lowest BCUT2D eigenvalue weighted by Gasteiger charge is -2.34. The number of hydrogen-bond acceptors (Lipinski definition) is 1. The monoisotopic (exact) mass is 419 g/mol. The van der Waals surface area contributed by atoms with Gasteiger partial charge in [0.25, 0.3) is 0 Å². The highest BCUT2D eigenvalue weighted by molar-refractivity contribution is 7.80. The van der Waals surface area contributed by atoms with Crippen LogP contribution in [0.3, 0.4) is 0 Å². The molecule has 0 aliphatic heterocycles. The first-order valence-corrected chi connectivity index (χ1v) is 11.6. The third-order valence-corrected chi connectivity index (χ3v) is 6.79. The molecule has 1 aliphatic carbocycles. The molecule has 1 fully saturated rings. The van der Waals surface area contributed by atoms with Crippen molar-refractivity contribution in [2.75, 3.05) is 5.32 Å². The van der Waals surface area contributed by atoms with E-state index in [9.17, 15) is 0 Å².